The van der Waals surface area contributed by atoms with E-state index in [1.165, 1.54) is 6.92 Å². The SMILES string of the molecule is CNc1c(C)c(C(F)(F)F)nc2c(Br)cccc12. The van der Waals surface area contributed by atoms with Crippen molar-refractivity contribution >= 4 is 32.5 Å². The maximum Gasteiger partial charge on any atom is 0.433 e. The lowest BCUT2D eigenvalue weighted by molar-refractivity contribution is -0.141. The van der Waals surface area contributed by atoms with E-state index in [9.17, 15) is 13.2 Å². The quantitative estimate of drug-likeness (QED) is 0.844. The molecule has 0 radical (unpaired) electrons. The van der Waals surface area contributed by atoms with Crippen LogP contribution in [-0.4, -0.2) is 12.0 Å². The van der Waals surface area contributed by atoms with E-state index in [4.69, 9.17) is 0 Å². The van der Waals surface area contributed by atoms with Gasteiger partial charge in [0.05, 0.1) is 5.52 Å². The summed E-state index contributed by atoms with van der Waals surface area (Å²) in [5.74, 6) is 0. The van der Waals surface area contributed by atoms with Crippen LogP contribution in [0.1, 0.15) is 11.3 Å². The van der Waals surface area contributed by atoms with E-state index in [-0.39, 0.29) is 5.56 Å². The number of para-hydroxylation sites is 1. The number of benzene rings is 1. The van der Waals surface area contributed by atoms with Gasteiger partial charge in [0.15, 0.2) is 0 Å². The summed E-state index contributed by atoms with van der Waals surface area (Å²) in [7, 11) is 1.60. The van der Waals surface area contributed by atoms with Gasteiger partial charge < -0.3 is 5.32 Å². The van der Waals surface area contributed by atoms with Crippen LogP contribution >= 0.6 is 15.9 Å². The zero-order valence-electron chi connectivity index (χ0n) is 9.69. The van der Waals surface area contributed by atoms with E-state index in [0.717, 1.165) is 0 Å². The summed E-state index contributed by atoms with van der Waals surface area (Å²) in [4.78, 5) is 3.74. The number of hydrogen-bond donors (Lipinski definition) is 1. The molecule has 2 nitrogen and oxygen atoms in total. The number of rotatable bonds is 1. The first-order valence-corrected chi connectivity index (χ1v) is 5.99. The number of anilines is 1. The van der Waals surface area contributed by atoms with Gasteiger partial charge in [-0.3, -0.25) is 0 Å². The second-order valence-electron chi connectivity index (χ2n) is 3.84. The van der Waals surface area contributed by atoms with Crippen molar-refractivity contribution < 1.29 is 13.2 Å². The van der Waals surface area contributed by atoms with Gasteiger partial charge in [0.25, 0.3) is 0 Å². The molecule has 96 valence electrons. The molecule has 0 atom stereocenters. The number of nitrogens with zero attached hydrogens (tertiary/aromatic N) is 1. The Morgan fingerprint density at radius 2 is 1.94 bits per heavy atom. The smallest absolute Gasteiger partial charge is 0.387 e. The molecule has 0 saturated heterocycles. The maximum atomic E-state index is 12.9. The predicted molar refractivity (Wildman–Crippen MR) is 68.7 cm³/mol. The second-order valence-corrected chi connectivity index (χ2v) is 4.70. The monoisotopic (exact) mass is 318 g/mol. The Bertz CT molecular complexity index is 608. The van der Waals surface area contributed by atoms with Gasteiger partial charge in [-0.25, -0.2) is 4.98 Å². The van der Waals surface area contributed by atoms with Crippen molar-refractivity contribution in [3.63, 3.8) is 0 Å². The molecule has 0 aliphatic rings. The second kappa shape index (κ2) is 4.42. The largest absolute Gasteiger partial charge is 0.433 e. The maximum absolute atomic E-state index is 12.9. The van der Waals surface area contributed by atoms with Gasteiger partial charge in [-0.05, 0) is 28.9 Å². The van der Waals surface area contributed by atoms with Gasteiger partial charge in [0.1, 0.15) is 5.69 Å². The standard InChI is InChI=1S/C12H10BrF3N2/c1-6-9(17-2)7-4-3-5-8(13)10(7)18-11(6)12(14,15)16/h3-5H,1-2H3,(H,17,18). The molecule has 0 unspecified atom stereocenters. The normalized spacial score (nSPS) is 11.9. The van der Waals surface area contributed by atoms with Crippen molar-refractivity contribution in [3.8, 4) is 0 Å². The van der Waals surface area contributed by atoms with E-state index < -0.39 is 11.9 Å². The third kappa shape index (κ3) is 2.05. The van der Waals surface area contributed by atoms with Crippen molar-refractivity contribution in [2.75, 3.05) is 12.4 Å². The average Bonchev–Trinajstić information content (AvgIpc) is 2.27. The number of hydrogen-bond acceptors (Lipinski definition) is 2. The molecule has 1 aromatic carbocycles. The molecular weight excluding hydrogens is 309 g/mol. The van der Waals surface area contributed by atoms with Crippen LogP contribution in [0.5, 0.6) is 0 Å². The van der Waals surface area contributed by atoms with Gasteiger partial charge in [0.2, 0.25) is 0 Å². The molecule has 0 aliphatic heterocycles. The Morgan fingerprint density at radius 1 is 1.28 bits per heavy atom. The third-order valence-electron chi connectivity index (χ3n) is 2.73. The molecule has 0 fully saturated rings. The summed E-state index contributed by atoms with van der Waals surface area (Å²) < 4.78 is 39.3. The highest BCUT2D eigenvalue weighted by Gasteiger charge is 2.36. The molecule has 2 rings (SSSR count). The molecule has 1 heterocycles. The number of fused-ring (bicyclic) bond motifs is 1. The Labute approximate surface area is 110 Å². The topological polar surface area (TPSA) is 24.9 Å². The van der Waals surface area contributed by atoms with E-state index >= 15 is 0 Å². The molecule has 0 spiro atoms. The Morgan fingerprint density at radius 3 is 2.50 bits per heavy atom. The van der Waals surface area contributed by atoms with Crippen LogP contribution in [0.2, 0.25) is 0 Å². The van der Waals surface area contributed by atoms with Crippen LogP contribution in [0.15, 0.2) is 22.7 Å². The Hall–Kier alpha value is -1.30. The van der Waals surface area contributed by atoms with Gasteiger partial charge in [-0.15, -0.1) is 0 Å². The van der Waals surface area contributed by atoms with Crippen molar-refractivity contribution in [3.05, 3.63) is 33.9 Å². The van der Waals surface area contributed by atoms with Crippen molar-refractivity contribution in [2.24, 2.45) is 0 Å². The highest BCUT2D eigenvalue weighted by molar-refractivity contribution is 9.10. The summed E-state index contributed by atoms with van der Waals surface area (Å²) in [5.41, 5.74) is 0.00949. The average molecular weight is 319 g/mol. The third-order valence-corrected chi connectivity index (χ3v) is 3.37. The number of nitrogens with one attached hydrogen (secondary N) is 1. The van der Waals surface area contributed by atoms with Crippen LogP contribution in [0.25, 0.3) is 10.9 Å². The fourth-order valence-corrected chi connectivity index (χ4v) is 2.40. The molecule has 6 heteroatoms. The van der Waals surface area contributed by atoms with E-state index in [2.05, 4.69) is 26.2 Å². The zero-order chi connectivity index (χ0) is 13.5. The molecule has 2 aromatic rings. The summed E-state index contributed by atoms with van der Waals surface area (Å²) in [5, 5.41) is 3.48. The van der Waals surface area contributed by atoms with E-state index in [1.54, 1.807) is 25.2 Å². The Balaban J connectivity index is 2.92. The molecule has 0 saturated carbocycles. The first-order chi connectivity index (χ1) is 8.36. The number of halogens is 4. The van der Waals surface area contributed by atoms with Gasteiger partial charge in [-0.1, -0.05) is 12.1 Å². The van der Waals surface area contributed by atoms with Crippen LogP contribution in [0.3, 0.4) is 0 Å². The molecule has 1 aromatic heterocycles. The molecule has 0 aliphatic carbocycles. The minimum absolute atomic E-state index is 0.107. The molecule has 1 N–H and O–H groups in total. The molecule has 0 bridgehead atoms. The zero-order valence-corrected chi connectivity index (χ0v) is 11.3. The summed E-state index contributed by atoms with van der Waals surface area (Å²) in [6, 6.07) is 5.18. The summed E-state index contributed by atoms with van der Waals surface area (Å²) >= 11 is 3.23. The van der Waals surface area contributed by atoms with Crippen molar-refractivity contribution in [1.29, 1.82) is 0 Å². The highest BCUT2D eigenvalue weighted by atomic mass is 79.9. The highest BCUT2D eigenvalue weighted by Crippen LogP contribution is 2.38. The lowest BCUT2D eigenvalue weighted by Crippen LogP contribution is -2.12. The van der Waals surface area contributed by atoms with Gasteiger partial charge >= 0.3 is 6.18 Å². The number of pyridine rings is 1. The lowest BCUT2D eigenvalue weighted by atomic mass is 10.1. The number of alkyl halides is 3. The van der Waals surface area contributed by atoms with Crippen LogP contribution < -0.4 is 5.32 Å². The predicted octanol–water partition coefficient (Wildman–Crippen LogP) is 4.37. The van der Waals surface area contributed by atoms with Gasteiger partial charge in [-0.2, -0.15) is 13.2 Å². The Kier molecular flexibility index (Phi) is 3.23. The molecule has 0 amide bonds. The van der Waals surface area contributed by atoms with Crippen molar-refractivity contribution in [2.45, 2.75) is 13.1 Å². The first-order valence-electron chi connectivity index (χ1n) is 5.20. The lowest BCUT2D eigenvalue weighted by Gasteiger charge is -2.16. The number of aromatic nitrogens is 1. The fraction of sp³-hybridized carbons (Fsp3) is 0.250. The minimum Gasteiger partial charge on any atom is -0.387 e. The minimum atomic E-state index is -4.46. The molecular formula is C12H10BrF3N2. The first kappa shape index (κ1) is 13.1. The van der Waals surface area contributed by atoms with Crippen LogP contribution in [0, 0.1) is 6.92 Å². The van der Waals surface area contributed by atoms with Crippen LogP contribution in [0.4, 0.5) is 18.9 Å². The van der Waals surface area contributed by atoms with Gasteiger partial charge in [0, 0.05) is 28.2 Å². The summed E-state index contributed by atoms with van der Waals surface area (Å²) in [6.07, 6.45) is -4.46. The van der Waals surface area contributed by atoms with E-state index in [0.29, 0.717) is 21.1 Å². The van der Waals surface area contributed by atoms with Crippen LogP contribution in [-0.2, 0) is 6.18 Å². The van der Waals surface area contributed by atoms with E-state index in [1.807, 2.05) is 0 Å². The molecule has 18 heavy (non-hydrogen) atoms. The fourth-order valence-electron chi connectivity index (χ4n) is 1.94. The summed E-state index contributed by atoms with van der Waals surface area (Å²) in [6.45, 7) is 1.42. The van der Waals surface area contributed by atoms with Crippen molar-refractivity contribution in [1.82, 2.24) is 4.98 Å².